The number of hydrogen-bond acceptors (Lipinski definition) is 5. The lowest BCUT2D eigenvalue weighted by molar-refractivity contribution is -0.273. The van der Waals surface area contributed by atoms with E-state index in [0.717, 1.165) is 12.0 Å². The third kappa shape index (κ3) is 3.19. The molecule has 23 heavy (non-hydrogen) atoms. The quantitative estimate of drug-likeness (QED) is 0.613. The van der Waals surface area contributed by atoms with Gasteiger partial charge in [-0.25, -0.2) is 0 Å². The summed E-state index contributed by atoms with van der Waals surface area (Å²) in [6.45, 7) is 7.32. The maximum Gasteiger partial charge on any atom is 0.303 e. The molecule has 1 fully saturated rings. The highest BCUT2D eigenvalue weighted by Gasteiger charge is 2.66. The molecule has 0 heterocycles. The Hall–Kier alpha value is -0.910. The van der Waals surface area contributed by atoms with E-state index in [4.69, 9.17) is 9.47 Å². The zero-order valence-corrected chi connectivity index (χ0v) is 14.8. The van der Waals surface area contributed by atoms with Crippen LogP contribution >= 0.6 is 0 Å². The first-order valence-corrected chi connectivity index (χ1v) is 8.36. The van der Waals surface area contributed by atoms with Crippen LogP contribution in [-0.2, 0) is 14.3 Å². The fraction of sp³-hybridized carbons (Fsp3) is 0.833. The zero-order valence-electron chi connectivity index (χ0n) is 14.8. The van der Waals surface area contributed by atoms with Crippen molar-refractivity contribution in [2.24, 2.45) is 17.3 Å². The van der Waals surface area contributed by atoms with Gasteiger partial charge in [-0.1, -0.05) is 25.5 Å². The molecule has 0 spiro atoms. The maximum atomic E-state index is 11.6. The monoisotopic (exact) mass is 326 g/mol. The maximum absolute atomic E-state index is 11.6. The van der Waals surface area contributed by atoms with Crippen LogP contribution in [0.1, 0.15) is 47.0 Å². The van der Waals surface area contributed by atoms with Crippen LogP contribution in [0.2, 0.25) is 0 Å². The Balaban J connectivity index is 2.45. The number of aliphatic hydroxyl groups is 2. The summed E-state index contributed by atoms with van der Waals surface area (Å²) in [7, 11) is 1.65. The molecule has 5 atom stereocenters. The number of carbonyl (C=O) groups excluding carboxylic acids is 1. The van der Waals surface area contributed by atoms with Crippen molar-refractivity contribution >= 4 is 5.97 Å². The molecule has 0 radical (unpaired) electrons. The number of rotatable bonds is 3. The molecule has 2 N–H and O–H groups in total. The van der Waals surface area contributed by atoms with Crippen molar-refractivity contribution < 1.29 is 24.5 Å². The molecular weight excluding hydrogens is 296 g/mol. The van der Waals surface area contributed by atoms with E-state index in [1.54, 1.807) is 7.11 Å². The Kier molecular flexibility index (Phi) is 5.24. The van der Waals surface area contributed by atoms with E-state index in [1.807, 2.05) is 26.8 Å². The highest BCUT2D eigenvalue weighted by atomic mass is 16.6. The van der Waals surface area contributed by atoms with E-state index in [9.17, 15) is 15.0 Å². The predicted octanol–water partition coefficient (Wildman–Crippen LogP) is 2.06. The molecule has 132 valence electrons. The molecule has 0 saturated heterocycles. The van der Waals surface area contributed by atoms with E-state index < -0.39 is 11.7 Å². The standard InChI is InChI=1S/C18H30O5/c1-11-6-14(22-5)8-13(10-19)15-9-17(3,4)18(15,21)16(7-11)23-12(2)20/h6,13-16,19,21H,7-10H2,1-5H3/t13-,14-,15-,16+,18-/m1/s1. The van der Waals surface area contributed by atoms with Gasteiger partial charge in [0, 0.05) is 27.1 Å². The molecular formula is C18H30O5. The lowest BCUT2D eigenvalue weighted by atomic mass is 9.46. The molecule has 2 aliphatic rings. The molecule has 0 unspecified atom stereocenters. The summed E-state index contributed by atoms with van der Waals surface area (Å²) in [5.74, 6) is -0.581. The first-order valence-electron chi connectivity index (χ1n) is 8.36. The van der Waals surface area contributed by atoms with Gasteiger partial charge in [-0.15, -0.1) is 0 Å². The average molecular weight is 326 g/mol. The normalized spacial score (nSPS) is 39.9. The van der Waals surface area contributed by atoms with Crippen molar-refractivity contribution in [3.8, 4) is 0 Å². The summed E-state index contributed by atoms with van der Waals surface area (Å²) in [5.41, 5.74) is -0.473. The molecule has 0 aromatic heterocycles. The van der Waals surface area contributed by atoms with E-state index >= 15 is 0 Å². The van der Waals surface area contributed by atoms with Gasteiger partial charge < -0.3 is 19.7 Å². The predicted molar refractivity (Wildman–Crippen MR) is 86.8 cm³/mol. The number of hydrogen-bond donors (Lipinski definition) is 2. The van der Waals surface area contributed by atoms with Crippen LogP contribution in [0.5, 0.6) is 0 Å². The summed E-state index contributed by atoms with van der Waals surface area (Å²) < 4.78 is 11.1. The molecule has 5 nitrogen and oxygen atoms in total. The lowest BCUT2D eigenvalue weighted by Crippen LogP contribution is -2.70. The zero-order chi connectivity index (χ0) is 17.4. The molecule has 2 aliphatic carbocycles. The van der Waals surface area contributed by atoms with Crippen LogP contribution in [0.15, 0.2) is 11.6 Å². The van der Waals surface area contributed by atoms with Gasteiger partial charge in [-0.3, -0.25) is 4.79 Å². The third-order valence-electron chi connectivity index (χ3n) is 5.80. The fourth-order valence-electron chi connectivity index (χ4n) is 4.50. The minimum Gasteiger partial charge on any atom is -0.459 e. The Bertz CT molecular complexity index is 484. The van der Waals surface area contributed by atoms with Crippen molar-refractivity contribution in [2.75, 3.05) is 13.7 Å². The molecule has 0 aliphatic heterocycles. The summed E-state index contributed by atoms with van der Waals surface area (Å²) in [5, 5.41) is 21.4. The molecule has 0 aromatic carbocycles. The van der Waals surface area contributed by atoms with E-state index in [-0.39, 0.29) is 35.9 Å². The fourth-order valence-corrected chi connectivity index (χ4v) is 4.50. The van der Waals surface area contributed by atoms with Gasteiger partial charge in [-0.05, 0) is 37.0 Å². The van der Waals surface area contributed by atoms with Gasteiger partial charge in [0.1, 0.15) is 11.7 Å². The van der Waals surface area contributed by atoms with Crippen LogP contribution in [-0.4, -0.2) is 47.7 Å². The van der Waals surface area contributed by atoms with Gasteiger partial charge in [-0.2, -0.15) is 0 Å². The van der Waals surface area contributed by atoms with Crippen molar-refractivity contribution in [1.82, 2.24) is 0 Å². The molecule has 2 rings (SSSR count). The SMILES string of the molecule is CO[C@@H]1C=C(C)C[C@H](OC(C)=O)[C@]2(O)[C@H](CC2(C)C)[C@@H](CO)C1. The molecule has 5 heteroatoms. The summed E-state index contributed by atoms with van der Waals surface area (Å²) in [6.07, 6.45) is 3.24. The Morgan fingerprint density at radius 2 is 2.09 bits per heavy atom. The number of carbonyl (C=O) groups is 1. The second-order valence-electron chi connectivity index (χ2n) is 7.79. The minimum absolute atomic E-state index is 0.0113. The molecule has 0 bridgehead atoms. The number of methoxy groups -OCH3 is 1. The smallest absolute Gasteiger partial charge is 0.303 e. The topological polar surface area (TPSA) is 76.0 Å². The molecule has 0 aromatic rings. The lowest BCUT2D eigenvalue weighted by Gasteiger charge is -2.63. The van der Waals surface area contributed by atoms with Crippen molar-refractivity contribution in [2.45, 2.75) is 64.8 Å². The van der Waals surface area contributed by atoms with Gasteiger partial charge >= 0.3 is 5.97 Å². The molecule has 0 amide bonds. The molecule has 1 saturated carbocycles. The first kappa shape index (κ1) is 18.4. The van der Waals surface area contributed by atoms with E-state index in [1.165, 1.54) is 6.92 Å². The van der Waals surface area contributed by atoms with Crippen molar-refractivity contribution in [3.63, 3.8) is 0 Å². The van der Waals surface area contributed by atoms with Crippen LogP contribution in [0.25, 0.3) is 0 Å². The number of aliphatic hydroxyl groups excluding tert-OH is 1. The summed E-state index contributed by atoms with van der Waals surface area (Å²) in [4.78, 5) is 11.6. The van der Waals surface area contributed by atoms with Crippen molar-refractivity contribution in [1.29, 1.82) is 0 Å². The van der Waals surface area contributed by atoms with Crippen LogP contribution in [0.3, 0.4) is 0 Å². The highest BCUT2D eigenvalue weighted by molar-refractivity contribution is 5.66. The van der Waals surface area contributed by atoms with Gasteiger partial charge in [0.15, 0.2) is 0 Å². The van der Waals surface area contributed by atoms with E-state index in [2.05, 4.69) is 0 Å². The second-order valence-corrected chi connectivity index (χ2v) is 7.79. The minimum atomic E-state index is -1.14. The number of esters is 1. The van der Waals surface area contributed by atoms with Crippen LogP contribution in [0, 0.1) is 17.3 Å². The Labute approximate surface area is 138 Å². The average Bonchev–Trinajstić information content (AvgIpc) is 2.49. The van der Waals surface area contributed by atoms with Crippen molar-refractivity contribution in [3.05, 3.63) is 11.6 Å². The van der Waals surface area contributed by atoms with Gasteiger partial charge in [0.2, 0.25) is 0 Å². The number of fused-ring (bicyclic) bond motifs is 1. The second kappa shape index (κ2) is 6.54. The number of ether oxygens (including phenoxy) is 2. The summed E-state index contributed by atoms with van der Waals surface area (Å²) in [6, 6.07) is 0. The Morgan fingerprint density at radius 1 is 1.43 bits per heavy atom. The third-order valence-corrected chi connectivity index (χ3v) is 5.80. The Morgan fingerprint density at radius 3 is 2.57 bits per heavy atom. The van der Waals surface area contributed by atoms with Crippen LogP contribution < -0.4 is 0 Å². The first-order chi connectivity index (χ1) is 10.7. The largest absolute Gasteiger partial charge is 0.459 e. The highest BCUT2D eigenvalue weighted by Crippen LogP contribution is 2.60. The summed E-state index contributed by atoms with van der Waals surface area (Å²) >= 11 is 0. The van der Waals surface area contributed by atoms with E-state index in [0.29, 0.717) is 12.8 Å². The van der Waals surface area contributed by atoms with Gasteiger partial charge in [0.25, 0.3) is 0 Å². The van der Waals surface area contributed by atoms with Gasteiger partial charge in [0.05, 0.1) is 6.10 Å². The van der Waals surface area contributed by atoms with Crippen LogP contribution in [0.4, 0.5) is 0 Å².